The Kier molecular flexibility index (Phi) is 45.6. The molecule has 0 aliphatic carbocycles. The molecule has 0 saturated heterocycles. The van der Waals surface area contributed by atoms with Gasteiger partial charge in [-0.15, -0.1) is 0 Å². The van der Waals surface area contributed by atoms with Crippen LogP contribution in [0.5, 0.6) is 0 Å². The normalized spacial score (nSPS) is 12.7. The average molecular weight is 1790 g/mol. The summed E-state index contributed by atoms with van der Waals surface area (Å²) < 4.78 is 0. The van der Waals surface area contributed by atoms with Gasteiger partial charge in [-0.3, -0.25) is 57.5 Å². The highest BCUT2D eigenvalue weighted by molar-refractivity contribution is 5.96. The standard InChI is InChI=1S/C100H140N18O12/c1-75(82-39-15-8-16-40-82)107-63-90(120)108(58-34-29-53-101)66-96(126)117(80(6)87-49-25-13-26-50-87)73-99(129)116(79(5)86-47-23-12-24-48-86)72-94(124)112(62-38-33-57-105)69-98(128)118(81(7)88-51-27-14-28-52-88)74-100(130)115(78(4)85-45-21-11-22-46-85)71-92(122)109(59-35-30-54-102)65-91(121)110(60-36-31-55-103)68-97(127)114(77(3)84-43-19-10-20-44-84)70-93(123)111(61-37-32-56-104)67-95(125)113(64-89(106)119)76(2)83-41-17-9-18-42-83/h8-28,39-52,75-81,107H,29-38,53-74,101-105H2,1-7H3,(H2,106,119)/t75-,76-,77-,78-,79-,80-,81-/m0/s1. The second-order valence-corrected chi connectivity index (χ2v) is 33.2. The lowest BCUT2D eigenvalue weighted by molar-refractivity contribution is -0.151. The Balaban J connectivity index is 1.20. The summed E-state index contributed by atoms with van der Waals surface area (Å²) >= 11 is 0. The summed E-state index contributed by atoms with van der Waals surface area (Å²) in [5, 5.41) is 3.31. The molecule has 12 amide bonds. The number of amides is 12. The van der Waals surface area contributed by atoms with E-state index >= 15 is 43.2 Å². The molecule has 0 spiro atoms. The predicted octanol–water partition coefficient (Wildman–Crippen LogP) is 8.20. The lowest BCUT2D eigenvalue weighted by Crippen LogP contribution is -2.53. The minimum Gasteiger partial charge on any atom is -0.368 e. The van der Waals surface area contributed by atoms with Crippen molar-refractivity contribution in [2.45, 2.75) is 155 Å². The van der Waals surface area contributed by atoms with Gasteiger partial charge in [0, 0.05) is 38.8 Å². The van der Waals surface area contributed by atoms with Gasteiger partial charge in [-0.25, -0.2) is 0 Å². The fourth-order valence-corrected chi connectivity index (χ4v) is 15.7. The van der Waals surface area contributed by atoms with E-state index in [-0.39, 0.29) is 77.4 Å². The largest absolute Gasteiger partial charge is 0.368 e. The van der Waals surface area contributed by atoms with Gasteiger partial charge in [-0.2, -0.15) is 0 Å². The minimum absolute atomic E-state index is 0.00413. The maximum Gasteiger partial charge on any atom is 0.243 e. The van der Waals surface area contributed by atoms with E-state index in [0.29, 0.717) is 105 Å². The van der Waals surface area contributed by atoms with Gasteiger partial charge < -0.3 is 93.6 Å². The SMILES string of the molecule is C[C@H](NCC(=O)N(CCCCN)CC(=O)N(CC(=O)N(CC(=O)N(CCCCN)CC(=O)N(CC(=O)N(CC(=O)N(CCCCN)CC(=O)N(CCCCN)CC(=O)N(CC(=O)N(CCCCN)CC(=O)N(CC(N)=O)[C@@H](C)c1ccccc1)[C@@H](C)c1ccccc1)[C@@H](C)c1ccccc1)[C@@H](C)c1ccccc1)[C@@H](C)c1ccccc1)[C@@H](C)c1ccccc1)c1ccccc1. The predicted molar refractivity (Wildman–Crippen MR) is 506 cm³/mol. The van der Waals surface area contributed by atoms with Gasteiger partial charge in [0.2, 0.25) is 70.9 Å². The number of rotatable bonds is 58. The molecule has 702 valence electrons. The molecule has 7 aromatic carbocycles. The monoisotopic (exact) mass is 1790 g/mol. The molecule has 130 heavy (non-hydrogen) atoms. The first-order valence-corrected chi connectivity index (χ1v) is 45.7. The van der Waals surface area contributed by atoms with E-state index in [1.807, 2.05) is 146 Å². The highest BCUT2D eigenvalue weighted by Crippen LogP contribution is 2.30. The first-order chi connectivity index (χ1) is 62.6. The molecule has 7 atom stereocenters. The van der Waals surface area contributed by atoms with Crippen molar-refractivity contribution in [3.63, 3.8) is 0 Å². The van der Waals surface area contributed by atoms with Gasteiger partial charge in [-0.05, 0) is 184 Å². The van der Waals surface area contributed by atoms with Crippen LogP contribution in [0, 0.1) is 0 Å². The van der Waals surface area contributed by atoms with Gasteiger partial charge in [0.25, 0.3) is 0 Å². The van der Waals surface area contributed by atoms with Gasteiger partial charge in [-0.1, -0.05) is 212 Å². The van der Waals surface area contributed by atoms with E-state index in [1.54, 1.807) is 114 Å². The number of nitrogens with two attached hydrogens (primary N) is 6. The van der Waals surface area contributed by atoms with Crippen LogP contribution in [0.4, 0.5) is 0 Å². The molecule has 30 heteroatoms. The number of carbonyl (C=O) groups excluding carboxylic acids is 12. The highest BCUT2D eigenvalue weighted by Gasteiger charge is 2.39. The summed E-state index contributed by atoms with van der Waals surface area (Å²) in [5.74, 6) is -7.24. The number of carbonyl (C=O) groups is 12. The van der Waals surface area contributed by atoms with E-state index in [4.69, 9.17) is 34.4 Å². The zero-order valence-electron chi connectivity index (χ0n) is 77.2. The van der Waals surface area contributed by atoms with Gasteiger partial charge >= 0.3 is 0 Å². The van der Waals surface area contributed by atoms with Crippen LogP contribution in [-0.2, 0) is 57.5 Å². The molecular weight excluding hydrogens is 1650 g/mol. The lowest BCUT2D eigenvalue weighted by atomic mass is 10.0. The van der Waals surface area contributed by atoms with E-state index in [9.17, 15) is 14.4 Å². The summed E-state index contributed by atoms with van der Waals surface area (Å²) in [6, 6.07) is 59.3. The average Bonchev–Trinajstić information content (AvgIpc) is 0.824. The second kappa shape index (κ2) is 56.4. The number of nitrogens with one attached hydrogen (secondary N) is 1. The topological polar surface area (TPSA) is 409 Å². The molecule has 7 rings (SSSR count). The summed E-state index contributed by atoms with van der Waals surface area (Å²) in [6.45, 7) is 8.29. The number of hydrogen-bond acceptors (Lipinski definition) is 18. The second-order valence-electron chi connectivity index (χ2n) is 33.2. The van der Waals surface area contributed by atoms with Crippen molar-refractivity contribution in [3.05, 3.63) is 251 Å². The van der Waals surface area contributed by atoms with Gasteiger partial charge in [0.05, 0.1) is 82.1 Å². The maximum atomic E-state index is 16.0. The van der Waals surface area contributed by atoms with E-state index < -0.39 is 167 Å². The summed E-state index contributed by atoms with van der Waals surface area (Å²) in [6.07, 6.45) is 4.35. The van der Waals surface area contributed by atoms with Gasteiger partial charge in [0.1, 0.15) is 32.7 Å². The van der Waals surface area contributed by atoms with Crippen molar-refractivity contribution in [2.75, 3.05) is 144 Å². The number of hydrogen-bond donors (Lipinski definition) is 7. The first-order valence-electron chi connectivity index (χ1n) is 45.7. The first kappa shape index (κ1) is 105. The molecule has 13 N–H and O–H groups in total. The van der Waals surface area contributed by atoms with Crippen LogP contribution in [0.3, 0.4) is 0 Å². The van der Waals surface area contributed by atoms with Crippen LogP contribution in [0.2, 0.25) is 0 Å². The third kappa shape index (κ3) is 33.5. The van der Waals surface area contributed by atoms with E-state index in [2.05, 4.69) is 5.32 Å². The molecule has 0 aliphatic rings. The van der Waals surface area contributed by atoms with Crippen molar-refractivity contribution in [2.24, 2.45) is 34.4 Å². The summed E-state index contributed by atoms with van der Waals surface area (Å²) in [4.78, 5) is 197. The molecule has 0 fully saturated rings. The quantitative estimate of drug-likeness (QED) is 0.0177. The summed E-state index contributed by atoms with van der Waals surface area (Å²) in [7, 11) is 0. The van der Waals surface area contributed by atoms with Crippen molar-refractivity contribution in [1.29, 1.82) is 0 Å². The Morgan fingerprint density at radius 2 is 0.392 bits per heavy atom. The van der Waals surface area contributed by atoms with Crippen LogP contribution in [0.1, 0.15) is 194 Å². The number of unbranched alkanes of at least 4 members (excludes halogenated alkanes) is 5. The van der Waals surface area contributed by atoms with Crippen molar-refractivity contribution < 1.29 is 57.5 Å². The third-order valence-corrected chi connectivity index (χ3v) is 23.9. The minimum atomic E-state index is -0.846. The molecule has 0 bridgehead atoms. The number of primary amides is 1. The number of benzene rings is 7. The molecule has 0 aliphatic heterocycles. The molecule has 0 radical (unpaired) electrons. The zero-order chi connectivity index (χ0) is 94.4. The van der Waals surface area contributed by atoms with Crippen LogP contribution in [0.25, 0.3) is 0 Å². The third-order valence-electron chi connectivity index (χ3n) is 23.9. The Hall–Kier alpha value is -12.1. The molecule has 0 aromatic heterocycles. The fraction of sp³-hybridized carbons (Fsp3) is 0.460. The van der Waals surface area contributed by atoms with Gasteiger partial charge in [0.15, 0.2) is 0 Å². The van der Waals surface area contributed by atoms with Crippen molar-refractivity contribution >= 4 is 70.9 Å². The van der Waals surface area contributed by atoms with Crippen LogP contribution < -0.4 is 39.7 Å². The van der Waals surface area contributed by atoms with E-state index in [0.717, 1.165) is 11.1 Å². The smallest absolute Gasteiger partial charge is 0.243 e. The Bertz CT molecular complexity index is 4630. The highest BCUT2D eigenvalue weighted by atomic mass is 16.2. The molecule has 7 aromatic rings. The molecular formula is C100H140N18O12. The van der Waals surface area contributed by atoms with Crippen molar-refractivity contribution in [1.82, 2.24) is 59.2 Å². The Morgan fingerprint density at radius 1 is 0.223 bits per heavy atom. The van der Waals surface area contributed by atoms with Crippen molar-refractivity contribution in [3.8, 4) is 0 Å². The Morgan fingerprint density at radius 3 is 0.600 bits per heavy atom. The number of nitrogens with zero attached hydrogens (tertiary/aromatic N) is 11. The maximum absolute atomic E-state index is 16.0. The van der Waals surface area contributed by atoms with Crippen LogP contribution in [-0.4, -0.2) is 269 Å². The molecule has 30 nitrogen and oxygen atoms in total. The Labute approximate surface area is 768 Å². The fourth-order valence-electron chi connectivity index (χ4n) is 15.7. The molecule has 0 unspecified atom stereocenters. The lowest BCUT2D eigenvalue weighted by Gasteiger charge is -2.37. The molecule has 0 heterocycles. The van der Waals surface area contributed by atoms with Crippen LogP contribution >= 0.6 is 0 Å². The van der Waals surface area contributed by atoms with Crippen LogP contribution in [0.15, 0.2) is 212 Å². The zero-order valence-corrected chi connectivity index (χ0v) is 77.2. The van der Waals surface area contributed by atoms with E-state index in [1.165, 1.54) is 53.9 Å². The molecule has 0 saturated carbocycles. The summed E-state index contributed by atoms with van der Waals surface area (Å²) in [5.41, 5.74) is 40.9.